The molecule has 1 aromatic rings. The molecule has 0 bridgehead atoms. The van der Waals surface area contributed by atoms with Crippen LogP contribution >= 0.6 is 12.4 Å². The van der Waals surface area contributed by atoms with Crippen molar-refractivity contribution in [3.8, 4) is 11.5 Å². The second-order valence-electron chi connectivity index (χ2n) is 7.22. The lowest BCUT2D eigenvalue weighted by molar-refractivity contribution is -0.134. The zero-order valence-electron chi connectivity index (χ0n) is 15.5. The normalized spacial score (nSPS) is 23.4. The van der Waals surface area contributed by atoms with E-state index in [9.17, 15) is 9.59 Å². The molecule has 3 heterocycles. The summed E-state index contributed by atoms with van der Waals surface area (Å²) in [6.45, 7) is 3.29. The summed E-state index contributed by atoms with van der Waals surface area (Å²) >= 11 is 0. The fraction of sp³-hybridized carbons (Fsp3) is 0.579. The van der Waals surface area contributed by atoms with Crippen molar-refractivity contribution in [3.63, 3.8) is 0 Å². The lowest BCUT2D eigenvalue weighted by Crippen LogP contribution is -2.47. The first-order valence-corrected chi connectivity index (χ1v) is 9.31. The van der Waals surface area contributed by atoms with Gasteiger partial charge in [0.1, 0.15) is 6.04 Å². The van der Waals surface area contributed by atoms with Gasteiger partial charge in [-0.15, -0.1) is 12.4 Å². The van der Waals surface area contributed by atoms with Gasteiger partial charge in [-0.2, -0.15) is 0 Å². The summed E-state index contributed by atoms with van der Waals surface area (Å²) in [5.41, 5.74) is 0.545. The summed E-state index contributed by atoms with van der Waals surface area (Å²) in [7, 11) is 1.94. The molecule has 2 amide bonds. The molecule has 3 aliphatic rings. The van der Waals surface area contributed by atoms with E-state index in [2.05, 4.69) is 5.32 Å². The Bertz CT molecular complexity index is 714. The fourth-order valence-electron chi connectivity index (χ4n) is 4.16. The van der Waals surface area contributed by atoms with Gasteiger partial charge in [0, 0.05) is 25.2 Å². The zero-order valence-corrected chi connectivity index (χ0v) is 16.3. The van der Waals surface area contributed by atoms with Crippen LogP contribution < -0.4 is 14.8 Å². The van der Waals surface area contributed by atoms with Gasteiger partial charge in [0.2, 0.25) is 12.7 Å². The van der Waals surface area contributed by atoms with Gasteiger partial charge in [-0.1, -0.05) is 0 Å². The van der Waals surface area contributed by atoms with Crippen molar-refractivity contribution in [1.82, 2.24) is 15.1 Å². The highest BCUT2D eigenvalue weighted by atomic mass is 35.5. The van der Waals surface area contributed by atoms with Crippen LogP contribution in [0.1, 0.15) is 29.6 Å². The average molecular weight is 396 g/mol. The Kier molecular flexibility index (Phi) is 6.11. The van der Waals surface area contributed by atoms with Gasteiger partial charge in [-0.25, -0.2) is 0 Å². The third-order valence-electron chi connectivity index (χ3n) is 5.51. The summed E-state index contributed by atoms with van der Waals surface area (Å²) in [5.74, 6) is 1.74. The Morgan fingerprint density at radius 3 is 2.81 bits per heavy atom. The number of benzene rings is 1. The molecule has 2 saturated heterocycles. The molecular weight excluding hydrogens is 370 g/mol. The van der Waals surface area contributed by atoms with Gasteiger partial charge in [0.15, 0.2) is 11.5 Å². The Hall–Kier alpha value is -1.99. The van der Waals surface area contributed by atoms with Crippen LogP contribution in [-0.2, 0) is 4.79 Å². The second kappa shape index (κ2) is 8.35. The number of ether oxygens (including phenoxy) is 2. The molecular formula is C19H26ClN3O4. The Morgan fingerprint density at radius 2 is 2.00 bits per heavy atom. The van der Waals surface area contributed by atoms with E-state index in [1.807, 2.05) is 11.9 Å². The van der Waals surface area contributed by atoms with Crippen LogP contribution in [0.5, 0.6) is 11.5 Å². The summed E-state index contributed by atoms with van der Waals surface area (Å²) in [5, 5.41) is 3.18. The standard InChI is InChI=1S/C19H25N3O4.ClH/c1-20-10-13-6-8-21(11-13)19(24)15-3-2-7-22(15)18(23)14-4-5-16-17(9-14)26-12-25-16;/h4-5,9,13,15,20H,2-3,6-8,10-12H2,1H3;1H. The SMILES string of the molecule is CNCC1CCN(C(=O)C2CCCN2C(=O)c2ccc3c(c2)OCO3)C1.Cl. The van der Waals surface area contributed by atoms with E-state index in [1.165, 1.54) is 0 Å². The smallest absolute Gasteiger partial charge is 0.254 e. The molecule has 0 saturated carbocycles. The largest absolute Gasteiger partial charge is 0.454 e. The van der Waals surface area contributed by atoms with Crippen molar-refractivity contribution in [2.45, 2.75) is 25.3 Å². The molecule has 2 atom stereocenters. The maximum Gasteiger partial charge on any atom is 0.254 e. The quantitative estimate of drug-likeness (QED) is 0.836. The van der Waals surface area contributed by atoms with Crippen LogP contribution in [0.4, 0.5) is 0 Å². The highest BCUT2D eigenvalue weighted by Gasteiger charge is 2.39. The van der Waals surface area contributed by atoms with Gasteiger partial charge in [-0.3, -0.25) is 9.59 Å². The van der Waals surface area contributed by atoms with Gasteiger partial charge >= 0.3 is 0 Å². The molecule has 7 nitrogen and oxygen atoms in total. The van der Waals surface area contributed by atoms with Crippen molar-refractivity contribution in [2.75, 3.05) is 40.0 Å². The van der Waals surface area contributed by atoms with E-state index < -0.39 is 0 Å². The molecule has 3 aliphatic heterocycles. The van der Waals surface area contributed by atoms with Crippen LogP contribution in [0.3, 0.4) is 0 Å². The van der Waals surface area contributed by atoms with Crippen molar-refractivity contribution in [2.24, 2.45) is 5.92 Å². The highest BCUT2D eigenvalue weighted by molar-refractivity contribution is 5.98. The minimum Gasteiger partial charge on any atom is -0.454 e. The molecule has 0 aromatic heterocycles. The molecule has 8 heteroatoms. The van der Waals surface area contributed by atoms with Crippen molar-refractivity contribution in [1.29, 1.82) is 0 Å². The molecule has 148 valence electrons. The number of hydrogen-bond donors (Lipinski definition) is 1. The van der Waals surface area contributed by atoms with Gasteiger partial charge in [-0.05, 0) is 57.0 Å². The Morgan fingerprint density at radius 1 is 1.19 bits per heavy atom. The van der Waals surface area contributed by atoms with E-state index in [-0.39, 0.29) is 37.1 Å². The van der Waals surface area contributed by atoms with Gasteiger partial charge in [0.05, 0.1) is 0 Å². The number of nitrogens with one attached hydrogen (secondary N) is 1. The zero-order chi connectivity index (χ0) is 18.1. The number of halogens is 1. The maximum atomic E-state index is 13.0. The molecule has 0 aliphatic carbocycles. The molecule has 1 N–H and O–H groups in total. The number of hydrogen-bond acceptors (Lipinski definition) is 5. The third-order valence-corrected chi connectivity index (χ3v) is 5.51. The third kappa shape index (κ3) is 3.84. The van der Waals surface area contributed by atoms with E-state index in [0.717, 1.165) is 38.9 Å². The van der Waals surface area contributed by atoms with E-state index in [1.54, 1.807) is 23.1 Å². The topological polar surface area (TPSA) is 71.1 Å². The lowest BCUT2D eigenvalue weighted by Gasteiger charge is -2.28. The number of carbonyl (C=O) groups is 2. The first kappa shape index (κ1) is 19.8. The summed E-state index contributed by atoms with van der Waals surface area (Å²) in [6, 6.07) is 4.87. The first-order valence-electron chi connectivity index (χ1n) is 9.31. The number of amides is 2. The number of nitrogens with zero attached hydrogens (tertiary/aromatic N) is 2. The maximum absolute atomic E-state index is 13.0. The number of fused-ring (bicyclic) bond motifs is 1. The minimum absolute atomic E-state index is 0. The molecule has 1 aromatic carbocycles. The van der Waals surface area contributed by atoms with E-state index in [4.69, 9.17) is 9.47 Å². The van der Waals surface area contributed by atoms with Gasteiger partial charge in [0.25, 0.3) is 5.91 Å². The van der Waals surface area contributed by atoms with Crippen LogP contribution in [0.25, 0.3) is 0 Å². The average Bonchev–Trinajstić information content (AvgIpc) is 3.39. The molecule has 27 heavy (non-hydrogen) atoms. The Balaban J connectivity index is 0.00000210. The van der Waals surface area contributed by atoms with E-state index in [0.29, 0.717) is 29.5 Å². The van der Waals surface area contributed by atoms with Crippen LogP contribution in [0.2, 0.25) is 0 Å². The molecule has 0 spiro atoms. The van der Waals surface area contributed by atoms with Crippen molar-refractivity contribution in [3.05, 3.63) is 23.8 Å². The Labute approximate surface area is 165 Å². The predicted octanol–water partition coefficient (Wildman–Crippen LogP) is 1.51. The predicted molar refractivity (Wildman–Crippen MR) is 102 cm³/mol. The van der Waals surface area contributed by atoms with Crippen molar-refractivity contribution >= 4 is 24.2 Å². The summed E-state index contributed by atoms with van der Waals surface area (Å²) in [6.07, 6.45) is 2.62. The van der Waals surface area contributed by atoms with E-state index >= 15 is 0 Å². The number of likely N-dealkylation sites (tertiary alicyclic amines) is 2. The first-order chi connectivity index (χ1) is 12.7. The highest BCUT2D eigenvalue weighted by Crippen LogP contribution is 2.33. The van der Waals surface area contributed by atoms with Crippen LogP contribution in [0.15, 0.2) is 18.2 Å². The monoisotopic (exact) mass is 395 g/mol. The minimum atomic E-state index is -0.346. The van der Waals surface area contributed by atoms with Crippen LogP contribution in [0, 0.1) is 5.92 Å². The summed E-state index contributed by atoms with van der Waals surface area (Å²) < 4.78 is 10.7. The number of carbonyl (C=O) groups excluding carboxylic acids is 2. The number of rotatable bonds is 4. The lowest BCUT2D eigenvalue weighted by atomic mass is 10.1. The second-order valence-corrected chi connectivity index (χ2v) is 7.22. The molecule has 0 radical (unpaired) electrons. The van der Waals surface area contributed by atoms with Gasteiger partial charge < -0.3 is 24.6 Å². The summed E-state index contributed by atoms with van der Waals surface area (Å²) in [4.78, 5) is 29.6. The van der Waals surface area contributed by atoms with Crippen LogP contribution in [-0.4, -0.2) is 67.7 Å². The fourth-order valence-corrected chi connectivity index (χ4v) is 4.16. The molecule has 2 fully saturated rings. The molecule has 4 rings (SSSR count). The van der Waals surface area contributed by atoms with Crippen molar-refractivity contribution < 1.29 is 19.1 Å². The molecule has 2 unspecified atom stereocenters.